The van der Waals surface area contributed by atoms with E-state index in [1.54, 1.807) is 18.0 Å². The van der Waals surface area contributed by atoms with Crippen molar-refractivity contribution in [2.75, 3.05) is 26.8 Å². The predicted octanol–water partition coefficient (Wildman–Crippen LogP) is 4.28. The van der Waals surface area contributed by atoms with Crippen LogP contribution >= 0.6 is 17.0 Å². The predicted molar refractivity (Wildman–Crippen MR) is 137 cm³/mol. The van der Waals surface area contributed by atoms with Gasteiger partial charge in [0.1, 0.15) is 17.3 Å². The van der Waals surface area contributed by atoms with E-state index in [9.17, 15) is 9.59 Å². The molecular formula is C26H32BrN3O4. The van der Waals surface area contributed by atoms with E-state index in [0.717, 1.165) is 28.9 Å². The normalized spacial score (nSPS) is 15.2. The maximum atomic E-state index is 13.3. The first-order valence-electron chi connectivity index (χ1n) is 11.4. The molecule has 2 aromatic carbocycles. The maximum absolute atomic E-state index is 13.3. The topological polar surface area (TPSA) is 91.7 Å². The van der Waals surface area contributed by atoms with Gasteiger partial charge < -0.3 is 19.7 Å². The molecule has 2 aliphatic rings. The summed E-state index contributed by atoms with van der Waals surface area (Å²) in [7, 11) is 1.56. The number of halogens is 1. The molecule has 4 rings (SSSR count). The lowest BCUT2D eigenvalue weighted by molar-refractivity contribution is 0.0953. The van der Waals surface area contributed by atoms with Crippen LogP contribution in [0.25, 0.3) is 0 Å². The number of amides is 1. The number of rotatable bonds is 7. The summed E-state index contributed by atoms with van der Waals surface area (Å²) in [6, 6.07) is 7.38. The van der Waals surface area contributed by atoms with Gasteiger partial charge >= 0.3 is 0 Å². The minimum absolute atomic E-state index is 0. The lowest BCUT2D eigenvalue weighted by Crippen LogP contribution is -2.30. The Morgan fingerprint density at radius 2 is 1.94 bits per heavy atom. The first-order chi connectivity index (χ1) is 15.7. The largest absolute Gasteiger partial charge is 0.493 e. The number of amidine groups is 1. The molecule has 0 fully saturated rings. The SMILES string of the molecule is Br.CCOc1cc2c(cc1C(=O)NC)C(=N)N(CC(=O)c1cc(CC)c3c(c1)C(C)(C)CO3)C2. The van der Waals surface area contributed by atoms with Crippen LogP contribution in [0.3, 0.4) is 0 Å². The van der Waals surface area contributed by atoms with E-state index in [-0.39, 0.29) is 46.5 Å². The summed E-state index contributed by atoms with van der Waals surface area (Å²) in [6.07, 6.45) is 0.785. The Bertz CT molecular complexity index is 1160. The second-order valence-corrected chi connectivity index (χ2v) is 9.18. The smallest absolute Gasteiger partial charge is 0.254 e. The van der Waals surface area contributed by atoms with Gasteiger partial charge in [0.25, 0.3) is 5.91 Å². The first-order valence-corrected chi connectivity index (χ1v) is 11.4. The van der Waals surface area contributed by atoms with E-state index in [2.05, 4.69) is 26.1 Å². The number of benzene rings is 2. The molecule has 0 spiro atoms. The molecule has 2 aromatic rings. The lowest BCUT2D eigenvalue weighted by atomic mass is 9.84. The highest BCUT2D eigenvalue weighted by Gasteiger charge is 2.35. The zero-order valence-electron chi connectivity index (χ0n) is 20.3. The number of nitrogens with zero attached hydrogens (tertiary/aromatic N) is 1. The quantitative estimate of drug-likeness (QED) is 0.522. The van der Waals surface area contributed by atoms with Crippen LogP contribution in [-0.4, -0.2) is 49.2 Å². The summed E-state index contributed by atoms with van der Waals surface area (Å²) in [6.45, 7) is 9.73. The van der Waals surface area contributed by atoms with E-state index >= 15 is 0 Å². The summed E-state index contributed by atoms with van der Waals surface area (Å²) in [5, 5.41) is 11.3. The fourth-order valence-electron chi connectivity index (χ4n) is 4.53. The van der Waals surface area contributed by atoms with Gasteiger partial charge in [-0.05, 0) is 48.7 Å². The number of hydrogen-bond acceptors (Lipinski definition) is 5. The molecular weight excluding hydrogens is 498 g/mol. The molecule has 34 heavy (non-hydrogen) atoms. The van der Waals surface area contributed by atoms with Gasteiger partial charge in [-0.15, -0.1) is 17.0 Å². The van der Waals surface area contributed by atoms with Crippen molar-refractivity contribution >= 4 is 34.5 Å². The molecule has 0 bridgehead atoms. The average Bonchev–Trinajstić information content (AvgIpc) is 3.27. The average molecular weight is 530 g/mol. The highest BCUT2D eigenvalue weighted by molar-refractivity contribution is 8.93. The standard InChI is InChI=1S/C26H31N3O4.BrH/c1-6-15-8-16(9-20-23(15)33-14-26(20,3)4)21(30)13-29-12-17-10-22(32-7-2)19(25(31)28-5)11-18(17)24(29)27;/h8-11,27H,6-7,12-14H2,1-5H3,(H,28,31);1H. The van der Waals surface area contributed by atoms with Crippen molar-refractivity contribution in [2.45, 2.75) is 46.1 Å². The van der Waals surface area contributed by atoms with E-state index in [1.807, 2.05) is 25.1 Å². The molecule has 8 heteroatoms. The van der Waals surface area contributed by atoms with Crippen molar-refractivity contribution in [1.82, 2.24) is 10.2 Å². The van der Waals surface area contributed by atoms with E-state index < -0.39 is 0 Å². The van der Waals surface area contributed by atoms with Crippen molar-refractivity contribution < 1.29 is 19.1 Å². The Labute approximate surface area is 211 Å². The van der Waals surface area contributed by atoms with Gasteiger partial charge in [-0.3, -0.25) is 15.0 Å². The number of Topliss-reactive ketones (excluding diaryl/α,β-unsaturated/α-hetero) is 1. The van der Waals surface area contributed by atoms with Crippen molar-refractivity contribution in [2.24, 2.45) is 0 Å². The summed E-state index contributed by atoms with van der Waals surface area (Å²) in [4.78, 5) is 27.4. The highest BCUT2D eigenvalue weighted by atomic mass is 79.9. The molecule has 2 N–H and O–H groups in total. The van der Waals surface area contributed by atoms with Gasteiger partial charge in [-0.2, -0.15) is 0 Å². The van der Waals surface area contributed by atoms with Crippen LogP contribution in [0.4, 0.5) is 0 Å². The van der Waals surface area contributed by atoms with E-state index in [0.29, 0.717) is 42.2 Å². The highest BCUT2D eigenvalue weighted by Crippen LogP contribution is 2.42. The second kappa shape index (κ2) is 9.78. The number of carbonyl (C=O) groups excluding carboxylic acids is 2. The number of ether oxygens (including phenoxy) is 2. The van der Waals surface area contributed by atoms with Crippen molar-refractivity contribution in [3.05, 3.63) is 57.6 Å². The third kappa shape index (κ3) is 4.43. The molecule has 0 saturated carbocycles. The van der Waals surface area contributed by atoms with E-state index in [4.69, 9.17) is 14.9 Å². The van der Waals surface area contributed by atoms with Gasteiger partial charge in [0, 0.05) is 35.7 Å². The summed E-state index contributed by atoms with van der Waals surface area (Å²) >= 11 is 0. The first kappa shape index (κ1) is 25.7. The molecule has 7 nitrogen and oxygen atoms in total. The zero-order valence-corrected chi connectivity index (χ0v) is 22.0. The van der Waals surface area contributed by atoms with Crippen LogP contribution in [0.1, 0.15) is 70.7 Å². The minimum Gasteiger partial charge on any atom is -0.493 e. The molecule has 0 aromatic heterocycles. The fourth-order valence-corrected chi connectivity index (χ4v) is 4.53. The molecule has 0 atom stereocenters. The number of carbonyl (C=O) groups is 2. The maximum Gasteiger partial charge on any atom is 0.254 e. The van der Waals surface area contributed by atoms with Gasteiger partial charge in [0.2, 0.25) is 0 Å². The van der Waals surface area contributed by atoms with Crippen LogP contribution in [0.2, 0.25) is 0 Å². The van der Waals surface area contributed by atoms with Gasteiger partial charge in [-0.25, -0.2) is 0 Å². The Hall–Kier alpha value is -2.87. The summed E-state index contributed by atoms with van der Waals surface area (Å²) in [5.41, 5.74) is 4.54. The monoisotopic (exact) mass is 529 g/mol. The number of fused-ring (bicyclic) bond motifs is 2. The number of nitrogens with one attached hydrogen (secondary N) is 2. The molecule has 1 amide bonds. The molecule has 0 unspecified atom stereocenters. The Kier molecular flexibility index (Phi) is 7.41. The van der Waals surface area contributed by atoms with E-state index in [1.165, 1.54) is 0 Å². The Morgan fingerprint density at radius 1 is 1.21 bits per heavy atom. The molecule has 2 aliphatic heterocycles. The van der Waals surface area contributed by atoms with Crippen LogP contribution in [0, 0.1) is 5.41 Å². The molecule has 2 heterocycles. The van der Waals surface area contributed by atoms with Crippen molar-refractivity contribution in [3.63, 3.8) is 0 Å². The summed E-state index contributed by atoms with van der Waals surface area (Å²) < 4.78 is 11.6. The molecule has 0 saturated heterocycles. The fraction of sp³-hybridized carbons (Fsp3) is 0.423. The zero-order chi connectivity index (χ0) is 23.9. The Morgan fingerprint density at radius 3 is 2.59 bits per heavy atom. The van der Waals surface area contributed by atoms with Crippen molar-refractivity contribution in [1.29, 1.82) is 5.41 Å². The van der Waals surface area contributed by atoms with Crippen LogP contribution in [0.15, 0.2) is 24.3 Å². The Balaban J connectivity index is 0.00000324. The molecule has 0 radical (unpaired) electrons. The van der Waals surface area contributed by atoms with Gasteiger partial charge in [0.15, 0.2) is 5.78 Å². The van der Waals surface area contributed by atoms with Gasteiger partial charge in [-0.1, -0.05) is 20.8 Å². The summed E-state index contributed by atoms with van der Waals surface area (Å²) in [5.74, 6) is 1.34. The number of aryl methyl sites for hydroxylation is 1. The van der Waals surface area contributed by atoms with Crippen LogP contribution in [-0.2, 0) is 18.4 Å². The lowest BCUT2D eigenvalue weighted by Gasteiger charge is -2.19. The van der Waals surface area contributed by atoms with Gasteiger partial charge in [0.05, 0.1) is 25.3 Å². The van der Waals surface area contributed by atoms with Crippen LogP contribution in [0.5, 0.6) is 11.5 Å². The molecule has 0 aliphatic carbocycles. The third-order valence-corrected chi connectivity index (χ3v) is 6.42. The van der Waals surface area contributed by atoms with Crippen molar-refractivity contribution in [3.8, 4) is 11.5 Å². The molecule has 182 valence electrons. The number of hydrogen-bond donors (Lipinski definition) is 2. The third-order valence-electron chi connectivity index (χ3n) is 6.42. The minimum atomic E-state index is -0.265. The number of ketones is 1. The second-order valence-electron chi connectivity index (χ2n) is 9.18. The van der Waals surface area contributed by atoms with Crippen LogP contribution < -0.4 is 14.8 Å².